The molecule has 0 aliphatic carbocycles. The van der Waals surface area contributed by atoms with E-state index < -0.39 is 0 Å². The fraction of sp³-hybridized carbons (Fsp3) is 0.833. The predicted molar refractivity (Wildman–Crippen MR) is 69.8 cm³/mol. The van der Waals surface area contributed by atoms with Crippen LogP contribution in [0.1, 0.15) is 6.42 Å². The van der Waals surface area contributed by atoms with Gasteiger partial charge in [0.1, 0.15) is 0 Å². The van der Waals surface area contributed by atoms with Gasteiger partial charge in [0.15, 0.2) is 0 Å². The molecule has 0 aliphatic heterocycles. The van der Waals surface area contributed by atoms with Crippen LogP contribution in [0, 0.1) is 0 Å². The van der Waals surface area contributed by atoms with Gasteiger partial charge in [0.25, 0.3) is 0 Å². The minimum Gasteiger partial charge on any atom is -0.469 e. The van der Waals surface area contributed by atoms with Gasteiger partial charge in [0.2, 0.25) is 5.91 Å². The number of carbonyl (C=O) groups excluding carboxylic acids is 2. The zero-order valence-electron chi connectivity index (χ0n) is 11.9. The maximum Gasteiger partial charge on any atom is 0.306 e. The van der Waals surface area contributed by atoms with Crippen LogP contribution in [-0.2, 0) is 23.8 Å². The molecule has 0 rings (SSSR count). The van der Waals surface area contributed by atoms with E-state index in [4.69, 9.17) is 9.47 Å². The maximum absolute atomic E-state index is 11.6. The summed E-state index contributed by atoms with van der Waals surface area (Å²) in [6.07, 6.45) is 0.256. The molecule has 19 heavy (non-hydrogen) atoms. The molecule has 0 fully saturated rings. The van der Waals surface area contributed by atoms with Gasteiger partial charge in [0.05, 0.1) is 33.3 Å². The molecule has 0 aliphatic rings. The summed E-state index contributed by atoms with van der Waals surface area (Å²) >= 11 is 0. The zero-order chi connectivity index (χ0) is 14.5. The van der Waals surface area contributed by atoms with E-state index in [1.54, 1.807) is 14.2 Å². The van der Waals surface area contributed by atoms with Crippen molar-refractivity contribution in [2.75, 3.05) is 60.7 Å². The van der Waals surface area contributed by atoms with Crippen LogP contribution in [0.5, 0.6) is 0 Å². The first-order chi connectivity index (χ1) is 9.13. The Morgan fingerprint density at radius 1 is 1.05 bits per heavy atom. The molecule has 112 valence electrons. The number of methoxy groups -OCH3 is 3. The summed E-state index contributed by atoms with van der Waals surface area (Å²) in [5.41, 5.74) is 0. The first kappa shape index (κ1) is 17.8. The molecule has 0 spiro atoms. The highest BCUT2D eigenvalue weighted by atomic mass is 16.5. The van der Waals surface area contributed by atoms with Crippen molar-refractivity contribution < 1.29 is 23.8 Å². The van der Waals surface area contributed by atoms with Gasteiger partial charge in [0, 0.05) is 33.9 Å². The van der Waals surface area contributed by atoms with Gasteiger partial charge in [-0.1, -0.05) is 0 Å². The van der Waals surface area contributed by atoms with Gasteiger partial charge in [-0.25, -0.2) is 0 Å². The fourth-order valence-electron chi connectivity index (χ4n) is 1.39. The van der Waals surface area contributed by atoms with E-state index in [-0.39, 0.29) is 24.8 Å². The Hall–Kier alpha value is -1.18. The monoisotopic (exact) mass is 276 g/mol. The van der Waals surface area contributed by atoms with Gasteiger partial charge in [-0.2, -0.15) is 0 Å². The molecule has 0 bridgehead atoms. The van der Waals surface area contributed by atoms with E-state index in [0.29, 0.717) is 32.8 Å². The van der Waals surface area contributed by atoms with Crippen LogP contribution < -0.4 is 5.32 Å². The van der Waals surface area contributed by atoms with Crippen molar-refractivity contribution in [2.24, 2.45) is 0 Å². The van der Waals surface area contributed by atoms with Crippen molar-refractivity contribution in [3.8, 4) is 0 Å². The largest absolute Gasteiger partial charge is 0.469 e. The highest BCUT2D eigenvalue weighted by molar-refractivity contribution is 5.78. The second-order valence-electron chi connectivity index (χ2n) is 3.94. The second kappa shape index (κ2) is 11.9. The van der Waals surface area contributed by atoms with Crippen molar-refractivity contribution in [2.45, 2.75) is 6.42 Å². The summed E-state index contributed by atoms with van der Waals surface area (Å²) in [6, 6.07) is 0. The molecule has 0 saturated heterocycles. The normalized spacial score (nSPS) is 10.5. The molecule has 0 unspecified atom stereocenters. The highest BCUT2D eigenvalue weighted by Crippen LogP contribution is 1.94. The lowest BCUT2D eigenvalue weighted by Crippen LogP contribution is -2.40. The molecule has 0 radical (unpaired) electrons. The molecule has 7 heteroatoms. The topological polar surface area (TPSA) is 77.1 Å². The van der Waals surface area contributed by atoms with Gasteiger partial charge in [-0.3, -0.25) is 14.5 Å². The number of nitrogens with zero attached hydrogens (tertiary/aromatic N) is 1. The van der Waals surface area contributed by atoms with Crippen LogP contribution in [-0.4, -0.2) is 77.5 Å². The smallest absolute Gasteiger partial charge is 0.306 e. The van der Waals surface area contributed by atoms with Crippen molar-refractivity contribution >= 4 is 11.9 Å². The van der Waals surface area contributed by atoms with Crippen LogP contribution in [0.3, 0.4) is 0 Å². The summed E-state index contributed by atoms with van der Waals surface area (Å²) in [5.74, 6) is -0.389. The predicted octanol–water partition coefficient (Wildman–Crippen LogP) is -0.739. The van der Waals surface area contributed by atoms with Crippen LogP contribution in [0.2, 0.25) is 0 Å². The number of carbonyl (C=O) groups is 2. The Kier molecular flexibility index (Phi) is 11.1. The summed E-state index contributed by atoms with van der Waals surface area (Å²) in [4.78, 5) is 24.6. The molecule has 1 amide bonds. The number of esters is 1. The Balaban J connectivity index is 4.02. The third-order valence-electron chi connectivity index (χ3n) is 2.47. The summed E-state index contributed by atoms with van der Waals surface area (Å²) in [7, 11) is 4.52. The van der Waals surface area contributed by atoms with Crippen molar-refractivity contribution in [1.82, 2.24) is 10.2 Å². The van der Waals surface area contributed by atoms with Gasteiger partial charge in [-0.05, 0) is 0 Å². The zero-order valence-corrected chi connectivity index (χ0v) is 11.9. The molecule has 1 N–H and O–H groups in total. The van der Waals surface area contributed by atoms with E-state index in [9.17, 15) is 9.59 Å². The summed E-state index contributed by atoms with van der Waals surface area (Å²) in [6.45, 7) is 2.74. The van der Waals surface area contributed by atoms with Crippen LogP contribution in [0.15, 0.2) is 0 Å². The molecule has 7 nitrogen and oxygen atoms in total. The quantitative estimate of drug-likeness (QED) is 0.396. The fourth-order valence-corrected chi connectivity index (χ4v) is 1.39. The Morgan fingerprint density at radius 2 is 1.74 bits per heavy atom. The number of rotatable bonds is 11. The second-order valence-corrected chi connectivity index (χ2v) is 3.94. The SMILES string of the molecule is COCCNC(=O)CN(CCOC)CCC(=O)OC. The lowest BCUT2D eigenvalue weighted by molar-refractivity contribution is -0.141. The van der Waals surface area contributed by atoms with Gasteiger partial charge >= 0.3 is 5.97 Å². The van der Waals surface area contributed by atoms with Crippen LogP contribution in [0.4, 0.5) is 0 Å². The number of ether oxygens (including phenoxy) is 3. The van der Waals surface area contributed by atoms with Crippen molar-refractivity contribution in [3.05, 3.63) is 0 Å². The molecular weight excluding hydrogens is 252 g/mol. The lowest BCUT2D eigenvalue weighted by atomic mass is 10.3. The number of nitrogens with one attached hydrogen (secondary N) is 1. The molecule has 0 aromatic carbocycles. The van der Waals surface area contributed by atoms with E-state index >= 15 is 0 Å². The van der Waals surface area contributed by atoms with Crippen molar-refractivity contribution in [1.29, 1.82) is 0 Å². The Morgan fingerprint density at radius 3 is 2.32 bits per heavy atom. The van der Waals surface area contributed by atoms with Crippen molar-refractivity contribution in [3.63, 3.8) is 0 Å². The molecule has 0 aromatic rings. The Bertz CT molecular complexity index is 261. The number of hydrogen-bond acceptors (Lipinski definition) is 6. The molecule has 0 atom stereocenters. The molecular formula is C12H24N2O5. The summed E-state index contributed by atoms with van der Waals surface area (Å²) in [5, 5.41) is 2.73. The molecule has 0 heterocycles. The third kappa shape index (κ3) is 10.4. The third-order valence-corrected chi connectivity index (χ3v) is 2.47. The first-order valence-corrected chi connectivity index (χ1v) is 6.17. The highest BCUT2D eigenvalue weighted by Gasteiger charge is 2.12. The average molecular weight is 276 g/mol. The van der Waals surface area contributed by atoms with E-state index in [2.05, 4.69) is 10.1 Å². The minimum atomic E-state index is -0.290. The van der Waals surface area contributed by atoms with Crippen LogP contribution in [0.25, 0.3) is 0 Å². The van der Waals surface area contributed by atoms with Gasteiger partial charge in [-0.15, -0.1) is 0 Å². The number of hydrogen-bond donors (Lipinski definition) is 1. The summed E-state index contributed by atoms with van der Waals surface area (Å²) < 4.78 is 14.4. The lowest BCUT2D eigenvalue weighted by Gasteiger charge is -2.20. The minimum absolute atomic E-state index is 0.0991. The molecule has 0 aromatic heterocycles. The number of amides is 1. The van der Waals surface area contributed by atoms with E-state index in [1.165, 1.54) is 7.11 Å². The molecule has 0 saturated carbocycles. The van der Waals surface area contributed by atoms with E-state index in [0.717, 1.165) is 0 Å². The van der Waals surface area contributed by atoms with Gasteiger partial charge < -0.3 is 19.5 Å². The average Bonchev–Trinajstić information content (AvgIpc) is 2.41. The first-order valence-electron chi connectivity index (χ1n) is 6.17. The Labute approximate surface area is 114 Å². The maximum atomic E-state index is 11.6. The standard InChI is InChI=1S/C12H24N2O5/c1-17-8-5-13-11(15)10-14(7-9-18-2)6-4-12(16)19-3/h4-10H2,1-3H3,(H,13,15). The van der Waals surface area contributed by atoms with Crippen LogP contribution >= 0.6 is 0 Å². The van der Waals surface area contributed by atoms with E-state index in [1.807, 2.05) is 4.90 Å².